The number of amides is 3. The number of hydrogen-bond donors (Lipinski definition) is 3. The number of carbonyl (C=O) groups excluding carboxylic acids is 3. The fraction of sp³-hybridized carbons (Fsp3) is 0.286. The van der Waals surface area contributed by atoms with E-state index in [0.717, 1.165) is 5.56 Å². The second-order valence-corrected chi connectivity index (χ2v) is 6.66. The minimum atomic E-state index is -0.353. The van der Waals surface area contributed by atoms with Crippen LogP contribution in [0.3, 0.4) is 0 Å². The average Bonchev–Trinajstić information content (AvgIpc) is 2.70. The van der Waals surface area contributed by atoms with Crippen LogP contribution in [0.25, 0.3) is 0 Å². The average molecular weight is 398 g/mol. The minimum Gasteiger partial charge on any atom is -0.495 e. The van der Waals surface area contributed by atoms with E-state index < -0.39 is 0 Å². The van der Waals surface area contributed by atoms with Gasteiger partial charge in [-0.2, -0.15) is 0 Å². The SMILES string of the molecule is COc1ccc(C)cc1NC(=O)CNC(=O)CNc1ccc(C(=O)N(C)C)cc1. The van der Waals surface area contributed by atoms with Crippen molar-refractivity contribution in [1.82, 2.24) is 10.2 Å². The van der Waals surface area contributed by atoms with E-state index >= 15 is 0 Å². The van der Waals surface area contributed by atoms with E-state index in [9.17, 15) is 14.4 Å². The Hall–Kier alpha value is -3.55. The van der Waals surface area contributed by atoms with Gasteiger partial charge < -0.3 is 25.6 Å². The molecule has 0 bridgehead atoms. The molecule has 8 heteroatoms. The van der Waals surface area contributed by atoms with Gasteiger partial charge in [0.25, 0.3) is 5.91 Å². The van der Waals surface area contributed by atoms with Gasteiger partial charge in [-0.3, -0.25) is 14.4 Å². The molecule has 8 nitrogen and oxygen atoms in total. The summed E-state index contributed by atoms with van der Waals surface area (Å²) in [5.74, 6) is -0.225. The summed E-state index contributed by atoms with van der Waals surface area (Å²) < 4.78 is 5.21. The predicted molar refractivity (Wildman–Crippen MR) is 112 cm³/mol. The van der Waals surface area contributed by atoms with Crippen molar-refractivity contribution >= 4 is 29.1 Å². The van der Waals surface area contributed by atoms with Crippen LogP contribution in [-0.4, -0.2) is 56.9 Å². The number of rotatable bonds is 8. The number of carbonyl (C=O) groups is 3. The zero-order chi connectivity index (χ0) is 21.4. The molecule has 2 aromatic carbocycles. The number of anilines is 2. The third-order valence-corrected chi connectivity index (χ3v) is 4.07. The Balaban J connectivity index is 1.79. The summed E-state index contributed by atoms with van der Waals surface area (Å²) in [5, 5.41) is 8.23. The monoisotopic (exact) mass is 398 g/mol. The summed E-state index contributed by atoms with van der Waals surface area (Å²) in [4.78, 5) is 37.4. The van der Waals surface area contributed by atoms with Gasteiger partial charge in [-0.05, 0) is 48.9 Å². The number of aryl methyl sites for hydroxylation is 1. The van der Waals surface area contributed by atoms with Gasteiger partial charge in [-0.15, -0.1) is 0 Å². The summed E-state index contributed by atoms with van der Waals surface area (Å²) in [6.07, 6.45) is 0. The van der Waals surface area contributed by atoms with Crippen LogP contribution in [0.5, 0.6) is 5.75 Å². The van der Waals surface area contributed by atoms with E-state index in [1.807, 2.05) is 13.0 Å². The van der Waals surface area contributed by atoms with Crippen LogP contribution in [0, 0.1) is 6.92 Å². The number of nitrogens with zero attached hydrogens (tertiary/aromatic N) is 1. The van der Waals surface area contributed by atoms with Crippen molar-refractivity contribution in [3.05, 3.63) is 53.6 Å². The first-order valence-corrected chi connectivity index (χ1v) is 9.07. The normalized spacial score (nSPS) is 10.1. The lowest BCUT2D eigenvalue weighted by Gasteiger charge is -2.12. The Morgan fingerprint density at radius 2 is 1.66 bits per heavy atom. The quantitative estimate of drug-likeness (QED) is 0.630. The molecule has 0 spiro atoms. The number of benzene rings is 2. The largest absolute Gasteiger partial charge is 0.495 e. The molecule has 0 aliphatic carbocycles. The first-order valence-electron chi connectivity index (χ1n) is 9.07. The standard InChI is InChI=1S/C21H26N4O4/c1-14-5-10-18(29-4)17(11-14)24-20(27)13-23-19(26)12-22-16-8-6-15(7-9-16)21(28)25(2)3/h5-11,22H,12-13H2,1-4H3,(H,23,26)(H,24,27). The van der Waals surface area contributed by atoms with E-state index in [1.165, 1.54) is 12.0 Å². The highest BCUT2D eigenvalue weighted by Crippen LogP contribution is 2.24. The number of ether oxygens (including phenoxy) is 1. The fourth-order valence-electron chi connectivity index (χ4n) is 2.53. The van der Waals surface area contributed by atoms with E-state index in [0.29, 0.717) is 22.7 Å². The van der Waals surface area contributed by atoms with Gasteiger partial charge >= 0.3 is 0 Å². The molecule has 0 heterocycles. The summed E-state index contributed by atoms with van der Waals surface area (Å²) in [6.45, 7) is 1.75. The topological polar surface area (TPSA) is 99.8 Å². The molecule has 0 aliphatic heterocycles. The molecule has 0 atom stereocenters. The van der Waals surface area contributed by atoms with E-state index in [2.05, 4.69) is 16.0 Å². The van der Waals surface area contributed by atoms with E-state index in [4.69, 9.17) is 4.74 Å². The van der Waals surface area contributed by atoms with Gasteiger partial charge in [0, 0.05) is 25.3 Å². The van der Waals surface area contributed by atoms with Crippen molar-refractivity contribution < 1.29 is 19.1 Å². The second kappa shape index (κ2) is 10.1. The molecule has 2 aromatic rings. The van der Waals surface area contributed by atoms with Crippen LogP contribution in [0.15, 0.2) is 42.5 Å². The molecule has 0 fully saturated rings. The zero-order valence-electron chi connectivity index (χ0n) is 17.0. The Labute approximate surface area is 170 Å². The predicted octanol–water partition coefficient (Wildman–Crippen LogP) is 1.87. The molecule has 0 saturated heterocycles. The first-order chi connectivity index (χ1) is 13.8. The molecule has 0 aliphatic rings. The molecule has 2 rings (SSSR count). The highest BCUT2D eigenvalue weighted by atomic mass is 16.5. The summed E-state index contributed by atoms with van der Waals surface area (Å²) in [5.41, 5.74) is 2.79. The Bertz CT molecular complexity index is 879. The van der Waals surface area contributed by atoms with Crippen LogP contribution in [0.1, 0.15) is 15.9 Å². The number of nitrogens with one attached hydrogen (secondary N) is 3. The summed E-state index contributed by atoms with van der Waals surface area (Å²) >= 11 is 0. The maximum atomic E-state index is 12.1. The maximum Gasteiger partial charge on any atom is 0.253 e. The molecular formula is C21H26N4O4. The van der Waals surface area contributed by atoms with Crippen LogP contribution in [-0.2, 0) is 9.59 Å². The van der Waals surface area contributed by atoms with Crippen LogP contribution < -0.4 is 20.7 Å². The minimum absolute atomic E-state index is 0.00200. The van der Waals surface area contributed by atoms with Gasteiger partial charge in [0.2, 0.25) is 11.8 Å². The van der Waals surface area contributed by atoms with Gasteiger partial charge in [0.05, 0.1) is 25.9 Å². The lowest BCUT2D eigenvalue weighted by molar-refractivity contribution is -0.122. The molecule has 29 heavy (non-hydrogen) atoms. The third kappa shape index (κ3) is 6.53. The molecule has 154 valence electrons. The van der Waals surface area contributed by atoms with Crippen molar-refractivity contribution in [2.75, 3.05) is 44.9 Å². The van der Waals surface area contributed by atoms with Crippen LogP contribution >= 0.6 is 0 Å². The Morgan fingerprint density at radius 3 is 2.28 bits per heavy atom. The van der Waals surface area contributed by atoms with Crippen molar-refractivity contribution in [3.8, 4) is 5.75 Å². The van der Waals surface area contributed by atoms with E-state index in [1.54, 1.807) is 50.5 Å². The maximum absolute atomic E-state index is 12.1. The highest BCUT2D eigenvalue weighted by molar-refractivity contribution is 5.96. The van der Waals surface area contributed by atoms with Crippen LogP contribution in [0.4, 0.5) is 11.4 Å². The summed E-state index contributed by atoms with van der Waals surface area (Å²) in [7, 11) is 4.89. The number of hydrogen-bond acceptors (Lipinski definition) is 5. The lowest BCUT2D eigenvalue weighted by atomic mass is 10.2. The van der Waals surface area contributed by atoms with Crippen LogP contribution in [0.2, 0.25) is 0 Å². The van der Waals surface area contributed by atoms with E-state index in [-0.39, 0.29) is 30.8 Å². The van der Waals surface area contributed by atoms with Crippen molar-refractivity contribution in [2.45, 2.75) is 6.92 Å². The second-order valence-electron chi connectivity index (χ2n) is 6.66. The third-order valence-electron chi connectivity index (χ3n) is 4.07. The lowest BCUT2D eigenvalue weighted by Crippen LogP contribution is -2.36. The molecule has 0 aromatic heterocycles. The number of methoxy groups -OCH3 is 1. The first kappa shape index (κ1) is 21.7. The van der Waals surface area contributed by atoms with Gasteiger partial charge in [0.15, 0.2) is 0 Å². The Kier molecular flexibility index (Phi) is 7.59. The zero-order valence-corrected chi connectivity index (χ0v) is 17.0. The molecule has 0 radical (unpaired) electrons. The van der Waals surface area contributed by atoms with Gasteiger partial charge in [-0.25, -0.2) is 0 Å². The molecule has 0 saturated carbocycles. The van der Waals surface area contributed by atoms with Gasteiger partial charge in [0.1, 0.15) is 5.75 Å². The van der Waals surface area contributed by atoms with Crippen molar-refractivity contribution in [2.24, 2.45) is 0 Å². The van der Waals surface area contributed by atoms with Crippen molar-refractivity contribution in [1.29, 1.82) is 0 Å². The molecular weight excluding hydrogens is 372 g/mol. The fourth-order valence-corrected chi connectivity index (χ4v) is 2.53. The van der Waals surface area contributed by atoms with Gasteiger partial charge in [-0.1, -0.05) is 6.07 Å². The Morgan fingerprint density at radius 1 is 0.966 bits per heavy atom. The molecule has 3 amide bonds. The highest BCUT2D eigenvalue weighted by Gasteiger charge is 2.10. The van der Waals surface area contributed by atoms with Crippen molar-refractivity contribution in [3.63, 3.8) is 0 Å². The molecule has 3 N–H and O–H groups in total. The smallest absolute Gasteiger partial charge is 0.253 e. The molecule has 0 unspecified atom stereocenters. The summed E-state index contributed by atoms with van der Waals surface area (Å²) in [6, 6.07) is 12.3.